The molecule has 0 aromatic rings. The van der Waals surface area contributed by atoms with Gasteiger partial charge in [-0.15, -0.1) is 0 Å². The summed E-state index contributed by atoms with van der Waals surface area (Å²) in [5, 5.41) is 0. The molecule has 0 aliphatic heterocycles. The lowest BCUT2D eigenvalue weighted by Crippen LogP contribution is -1.80. The van der Waals surface area contributed by atoms with Gasteiger partial charge >= 0.3 is 0 Å². The molecule has 0 atom stereocenters. The van der Waals surface area contributed by atoms with E-state index in [9.17, 15) is 0 Å². The van der Waals surface area contributed by atoms with Crippen LogP contribution < -0.4 is 0 Å². The lowest BCUT2D eigenvalue weighted by molar-refractivity contribution is 1.02. The average Bonchev–Trinajstić information content (AvgIpc) is 2.16. The predicted octanol–water partition coefficient (Wildman–Crippen LogP) is 3.56. The monoisotopic (exact) mass is 158 g/mol. The molecule has 0 saturated heterocycles. The topological polar surface area (TPSA) is 0 Å². The van der Waals surface area contributed by atoms with Crippen molar-refractivity contribution in [3.05, 3.63) is 60.8 Å². The average molecular weight is 158 g/mol. The summed E-state index contributed by atoms with van der Waals surface area (Å²) in [6, 6.07) is 0. The highest BCUT2D eigenvalue weighted by molar-refractivity contribution is 5.38. The van der Waals surface area contributed by atoms with Crippen LogP contribution in [0.2, 0.25) is 0 Å². The van der Waals surface area contributed by atoms with Crippen molar-refractivity contribution in [3.8, 4) is 0 Å². The molecule has 1 aliphatic rings. The second-order valence-corrected chi connectivity index (χ2v) is 2.80. The summed E-state index contributed by atoms with van der Waals surface area (Å²) in [5.41, 5.74) is 2.22. The van der Waals surface area contributed by atoms with Crippen LogP contribution in [0.25, 0.3) is 0 Å². The Hall–Kier alpha value is -1.30. The maximum atomic E-state index is 3.80. The van der Waals surface area contributed by atoms with Gasteiger partial charge in [0.15, 0.2) is 0 Å². The van der Waals surface area contributed by atoms with Crippen LogP contribution in [0, 0.1) is 0 Å². The van der Waals surface area contributed by atoms with Crippen molar-refractivity contribution >= 4 is 0 Å². The molecule has 0 radical (unpaired) electrons. The van der Waals surface area contributed by atoms with Crippen molar-refractivity contribution in [1.82, 2.24) is 0 Å². The van der Waals surface area contributed by atoms with Crippen molar-refractivity contribution in [2.24, 2.45) is 0 Å². The number of hydrogen-bond donors (Lipinski definition) is 0. The predicted molar refractivity (Wildman–Crippen MR) is 54.9 cm³/mol. The Labute approximate surface area is 74.3 Å². The molecule has 0 amide bonds. The Morgan fingerprint density at radius 2 is 2.25 bits per heavy atom. The van der Waals surface area contributed by atoms with Crippen LogP contribution >= 0.6 is 0 Å². The maximum Gasteiger partial charge on any atom is -0.0299 e. The van der Waals surface area contributed by atoms with Gasteiger partial charge in [-0.25, -0.2) is 0 Å². The van der Waals surface area contributed by atoms with Gasteiger partial charge in [0.2, 0.25) is 0 Å². The van der Waals surface area contributed by atoms with Crippen LogP contribution in [-0.4, -0.2) is 0 Å². The smallest absolute Gasteiger partial charge is 0.0299 e. The van der Waals surface area contributed by atoms with E-state index in [-0.39, 0.29) is 0 Å². The van der Waals surface area contributed by atoms with Gasteiger partial charge < -0.3 is 0 Å². The van der Waals surface area contributed by atoms with Crippen LogP contribution in [-0.2, 0) is 0 Å². The second kappa shape index (κ2) is 4.55. The maximum absolute atomic E-state index is 3.80. The van der Waals surface area contributed by atoms with Gasteiger partial charge in [-0.2, -0.15) is 0 Å². The van der Waals surface area contributed by atoms with Crippen molar-refractivity contribution < 1.29 is 0 Å². The Morgan fingerprint density at radius 1 is 1.42 bits per heavy atom. The Kier molecular flexibility index (Phi) is 3.34. The van der Waals surface area contributed by atoms with Crippen LogP contribution in [0.4, 0.5) is 0 Å². The third-order valence-electron chi connectivity index (χ3n) is 1.78. The first-order valence-corrected chi connectivity index (χ1v) is 4.19. The summed E-state index contributed by atoms with van der Waals surface area (Å²) in [4.78, 5) is 0. The van der Waals surface area contributed by atoms with Gasteiger partial charge in [0.05, 0.1) is 0 Å². The molecular weight excluding hydrogens is 144 g/mol. The van der Waals surface area contributed by atoms with E-state index < -0.39 is 0 Å². The fourth-order valence-corrected chi connectivity index (χ4v) is 1.03. The molecule has 62 valence electrons. The summed E-state index contributed by atoms with van der Waals surface area (Å²) in [5.74, 6) is 0. The lowest BCUT2D eigenvalue weighted by atomic mass is 10.1. The van der Waals surface area contributed by atoms with Gasteiger partial charge in [0.25, 0.3) is 0 Å². The minimum absolute atomic E-state index is 0.954. The first-order chi connectivity index (χ1) is 5.83. The molecule has 1 rings (SSSR count). The molecule has 0 aromatic heterocycles. The normalized spacial score (nSPS) is 16.2. The van der Waals surface area contributed by atoms with Crippen LogP contribution in [0.1, 0.15) is 12.8 Å². The summed E-state index contributed by atoms with van der Waals surface area (Å²) in [7, 11) is 0. The first kappa shape index (κ1) is 8.79. The van der Waals surface area contributed by atoms with E-state index >= 15 is 0 Å². The molecule has 0 N–H and O–H groups in total. The molecule has 0 unspecified atom stereocenters. The van der Waals surface area contributed by atoms with E-state index in [1.54, 1.807) is 6.08 Å². The molecule has 1 aliphatic carbocycles. The second-order valence-electron chi connectivity index (χ2n) is 2.80. The highest BCUT2D eigenvalue weighted by atomic mass is 14.0. The fraction of sp³-hybridized carbons (Fsp3) is 0.167. The third-order valence-corrected chi connectivity index (χ3v) is 1.78. The van der Waals surface area contributed by atoms with E-state index in [1.807, 2.05) is 6.08 Å². The summed E-state index contributed by atoms with van der Waals surface area (Å²) in [6.07, 6.45) is 14.7. The number of rotatable bonds is 3. The standard InChI is InChI=1S/C12H14/c1-3-11(2)9-10-12-7-5-4-6-8-12/h3,5,7-10H,1-2,4,6H2/b10-9-. The van der Waals surface area contributed by atoms with Crippen molar-refractivity contribution in [3.63, 3.8) is 0 Å². The van der Waals surface area contributed by atoms with Gasteiger partial charge in [-0.05, 0) is 24.0 Å². The van der Waals surface area contributed by atoms with Crippen molar-refractivity contribution in [2.75, 3.05) is 0 Å². The van der Waals surface area contributed by atoms with E-state index in [1.165, 1.54) is 12.0 Å². The summed E-state index contributed by atoms with van der Waals surface area (Å²) >= 11 is 0. The zero-order chi connectivity index (χ0) is 8.81. The fourth-order valence-electron chi connectivity index (χ4n) is 1.03. The molecule has 0 fully saturated rings. The van der Waals surface area contributed by atoms with Gasteiger partial charge in [-0.3, -0.25) is 0 Å². The molecular formula is C12H14. The molecule has 12 heavy (non-hydrogen) atoms. The zero-order valence-corrected chi connectivity index (χ0v) is 7.29. The van der Waals surface area contributed by atoms with Gasteiger partial charge in [0.1, 0.15) is 0 Å². The molecule has 0 heteroatoms. The van der Waals surface area contributed by atoms with Crippen LogP contribution in [0.15, 0.2) is 60.8 Å². The SMILES string of the molecule is C=CC(=C)/C=C\C1=CCCC=C1. The Morgan fingerprint density at radius 3 is 2.83 bits per heavy atom. The first-order valence-electron chi connectivity index (χ1n) is 4.19. The van der Waals surface area contributed by atoms with Crippen molar-refractivity contribution in [1.29, 1.82) is 0 Å². The zero-order valence-electron chi connectivity index (χ0n) is 7.29. The minimum atomic E-state index is 0.954. The summed E-state index contributed by atoms with van der Waals surface area (Å²) < 4.78 is 0. The number of allylic oxidation sites excluding steroid dienone is 8. The van der Waals surface area contributed by atoms with E-state index in [0.29, 0.717) is 0 Å². The largest absolute Gasteiger partial charge is 0.0985 e. The molecule has 0 heterocycles. The van der Waals surface area contributed by atoms with Crippen LogP contribution in [0.5, 0.6) is 0 Å². The minimum Gasteiger partial charge on any atom is -0.0985 e. The van der Waals surface area contributed by atoms with Crippen LogP contribution in [0.3, 0.4) is 0 Å². The third kappa shape index (κ3) is 2.75. The summed E-state index contributed by atoms with van der Waals surface area (Å²) in [6.45, 7) is 7.44. The van der Waals surface area contributed by atoms with Crippen molar-refractivity contribution in [2.45, 2.75) is 12.8 Å². The molecule has 0 spiro atoms. The van der Waals surface area contributed by atoms with E-state index in [0.717, 1.165) is 12.0 Å². The van der Waals surface area contributed by atoms with E-state index in [2.05, 4.69) is 37.5 Å². The Balaban J connectivity index is 2.55. The lowest BCUT2D eigenvalue weighted by Gasteiger charge is -2.00. The van der Waals surface area contributed by atoms with Gasteiger partial charge in [0, 0.05) is 0 Å². The van der Waals surface area contributed by atoms with E-state index in [4.69, 9.17) is 0 Å². The quantitative estimate of drug-likeness (QED) is 0.551. The Bertz CT molecular complexity index is 262. The molecule has 0 bridgehead atoms. The van der Waals surface area contributed by atoms with Gasteiger partial charge in [-0.1, -0.05) is 49.6 Å². The highest BCUT2D eigenvalue weighted by Crippen LogP contribution is 2.11. The molecule has 0 saturated carbocycles. The highest BCUT2D eigenvalue weighted by Gasteiger charge is 1.91. The molecule has 0 aromatic carbocycles. The number of hydrogen-bond acceptors (Lipinski definition) is 0. The molecule has 0 nitrogen and oxygen atoms in total.